The van der Waals surface area contributed by atoms with Gasteiger partial charge in [-0.25, -0.2) is 4.57 Å². The Bertz CT molecular complexity index is 563. The number of rotatable bonds is 8. The third-order valence-electron chi connectivity index (χ3n) is 3.03. The predicted molar refractivity (Wildman–Crippen MR) is 87.5 cm³/mol. The van der Waals surface area contributed by atoms with Gasteiger partial charge in [0, 0.05) is 0 Å². The Balaban J connectivity index is 1.95. The van der Waals surface area contributed by atoms with Gasteiger partial charge in [-0.1, -0.05) is 48.6 Å². The lowest BCUT2D eigenvalue weighted by atomic mass is 10.1. The molecule has 0 fully saturated rings. The molecule has 0 bridgehead atoms. The first-order chi connectivity index (χ1) is 10.6. The molecule has 0 amide bonds. The van der Waals surface area contributed by atoms with E-state index in [2.05, 4.69) is 12.2 Å². The summed E-state index contributed by atoms with van der Waals surface area (Å²) in [6.45, 7) is 4.04. The summed E-state index contributed by atoms with van der Waals surface area (Å²) < 4.78 is 29.1. The third kappa shape index (κ3) is 5.90. The van der Waals surface area contributed by atoms with Gasteiger partial charge in [-0.2, -0.15) is 0 Å². The molecule has 0 saturated heterocycles. The normalized spacial score (nSPS) is 17.3. The summed E-state index contributed by atoms with van der Waals surface area (Å²) in [6, 6.07) is 9.56. The molecule has 0 spiro atoms. The SMILES string of the molecule is CC(C)OP(=O)(OCC1=CCCC=C1)OCc1ccccc1. The van der Waals surface area contributed by atoms with Crippen molar-refractivity contribution in [3.63, 3.8) is 0 Å². The van der Waals surface area contributed by atoms with E-state index in [0.717, 1.165) is 24.0 Å². The van der Waals surface area contributed by atoms with E-state index in [1.165, 1.54) is 0 Å². The summed E-state index contributed by atoms with van der Waals surface area (Å²) in [7, 11) is -3.58. The highest BCUT2D eigenvalue weighted by Crippen LogP contribution is 2.51. The molecule has 4 nitrogen and oxygen atoms in total. The van der Waals surface area contributed by atoms with Gasteiger partial charge in [0.05, 0.1) is 19.3 Å². The van der Waals surface area contributed by atoms with Crippen molar-refractivity contribution in [3.05, 3.63) is 59.7 Å². The fraction of sp³-hybridized carbons (Fsp3) is 0.412. The van der Waals surface area contributed by atoms with E-state index in [4.69, 9.17) is 13.6 Å². The van der Waals surface area contributed by atoms with Crippen LogP contribution in [0.4, 0.5) is 0 Å². The summed E-state index contributed by atoms with van der Waals surface area (Å²) in [5.74, 6) is 0. The molecule has 0 radical (unpaired) electrons. The number of phosphoric acid groups is 1. The van der Waals surface area contributed by atoms with E-state index in [9.17, 15) is 4.57 Å². The largest absolute Gasteiger partial charge is 0.475 e. The lowest BCUT2D eigenvalue weighted by Crippen LogP contribution is -2.08. The monoisotopic (exact) mass is 322 g/mol. The Hall–Kier alpha value is -1.19. The maximum atomic E-state index is 12.7. The number of benzene rings is 1. The van der Waals surface area contributed by atoms with Crippen LogP contribution in [0.1, 0.15) is 32.3 Å². The van der Waals surface area contributed by atoms with Crippen LogP contribution in [0.2, 0.25) is 0 Å². The van der Waals surface area contributed by atoms with Crippen molar-refractivity contribution in [2.75, 3.05) is 6.61 Å². The highest BCUT2D eigenvalue weighted by atomic mass is 31.2. The topological polar surface area (TPSA) is 44.8 Å². The molecule has 0 aliphatic heterocycles. The lowest BCUT2D eigenvalue weighted by Gasteiger charge is -2.20. The van der Waals surface area contributed by atoms with Crippen molar-refractivity contribution < 1.29 is 18.1 Å². The minimum Gasteiger partial charge on any atom is -0.284 e. The molecule has 22 heavy (non-hydrogen) atoms. The van der Waals surface area contributed by atoms with Crippen LogP contribution in [-0.2, 0) is 24.7 Å². The first-order valence-corrected chi connectivity index (χ1v) is 9.00. The molecule has 1 aromatic carbocycles. The molecule has 0 heterocycles. The van der Waals surface area contributed by atoms with E-state index >= 15 is 0 Å². The Morgan fingerprint density at radius 3 is 2.45 bits per heavy atom. The van der Waals surface area contributed by atoms with Crippen LogP contribution >= 0.6 is 7.82 Å². The maximum Gasteiger partial charge on any atom is 0.475 e. The van der Waals surface area contributed by atoms with E-state index in [0.29, 0.717) is 0 Å². The first-order valence-electron chi connectivity index (χ1n) is 7.54. The molecule has 0 aromatic heterocycles. The molecule has 120 valence electrons. The Labute approximate surface area is 132 Å². The average molecular weight is 322 g/mol. The number of allylic oxidation sites excluding steroid dienone is 2. The van der Waals surface area contributed by atoms with Crippen LogP contribution < -0.4 is 0 Å². The Kier molecular flexibility index (Phi) is 6.59. The number of hydrogen-bond acceptors (Lipinski definition) is 4. The molecule has 5 heteroatoms. The second kappa shape index (κ2) is 8.44. The zero-order chi connectivity index (χ0) is 15.8. The van der Waals surface area contributed by atoms with E-state index in [1.807, 2.05) is 50.3 Å². The van der Waals surface area contributed by atoms with E-state index < -0.39 is 7.82 Å². The zero-order valence-electron chi connectivity index (χ0n) is 13.1. The van der Waals surface area contributed by atoms with Gasteiger partial charge in [-0.15, -0.1) is 0 Å². The van der Waals surface area contributed by atoms with Crippen LogP contribution in [0.3, 0.4) is 0 Å². The molecular weight excluding hydrogens is 299 g/mol. The highest BCUT2D eigenvalue weighted by Gasteiger charge is 2.28. The average Bonchev–Trinajstić information content (AvgIpc) is 2.53. The second-order valence-corrected chi connectivity index (χ2v) is 7.01. The smallest absolute Gasteiger partial charge is 0.284 e. The molecule has 1 aliphatic carbocycles. The van der Waals surface area contributed by atoms with Gasteiger partial charge in [-0.3, -0.25) is 13.6 Å². The van der Waals surface area contributed by atoms with Gasteiger partial charge >= 0.3 is 7.82 Å². The standard InChI is InChI=1S/C17H23O4P/c1-15(2)21-22(18,19-13-16-9-5-3-6-10-16)20-14-17-11-7-4-8-12-17/h3,5-7,9-12,15H,4,8,13-14H2,1-2H3. The molecule has 0 saturated carbocycles. The molecule has 0 N–H and O–H groups in total. The molecule has 1 aliphatic rings. The first kappa shape index (κ1) is 17.2. The van der Waals surface area contributed by atoms with Crippen LogP contribution in [0.5, 0.6) is 0 Å². The van der Waals surface area contributed by atoms with Crippen LogP contribution in [0, 0.1) is 0 Å². The Morgan fingerprint density at radius 2 is 1.82 bits per heavy atom. The van der Waals surface area contributed by atoms with Crippen molar-refractivity contribution in [3.8, 4) is 0 Å². The highest BCUT2D eigenvalue weighted by molar-refractivity contribution is 7.48. The molecule has 2 rings (SSSR count). The summed E-state index contributed by atoms with van der Waals surface area (Å²) in [4.78, 5) is 0. The summed E-state index contributed by atoms with van der Waals surface area (Å²) in [5, 5.41) is 0. The molecule has 1 aromatic rings. The zero-order valence-corrected chi connectivity index (χ0v) is 14.0. The van der Waals surface area contributed by atoms with Gasteiger partial charge < -0.3 is 0 Å². The summed E-state index contributed by atoms with van der Waals surface area (Å²) in [5.41, 5.74) is 1.93. The minimum atomic E-state index is -3.58. The predicted octanol–water partition coefficient (Wildman–Crippen LogP) is 5.03. The third-order valence-corrected chi connectivity index (χ3v) is 4.60. The van der Waals surface area contributed by atoms with Crippen molar-refractivity contribution >= 4 is 7.82 Å². The fourth-order valence-corrected chi connectivity index (χ4v) is 3.34. The number of phosphoric ester groups is 1. The van der Waals surface area contributed by atoms with Gasteiger partial charge in [0.2, 0.25) is 0 Å². The van der Waals surface area contributed by atoms with Crippen molar-refractivity contribution in [1.29, 1.82) is 0 Å². The quantitative estimate of drug-likeness (QED) is 0.630. The van der Waals surface area contributed by atoms with Crippen LogP contribution in [-0.4, -0.2) is 12.7 Å². The van der Waals surface area contributed by atoms with Crippen molar-refractivity contribution in [2.45, 2.75) is 39.4 Å². The summed E-state index contributed by atoms with van der Waals surface area (Å²) >= 11 is 0. The van der Waals surface area contributed by atoms with E-state index in [1.54, 1.807) is 0 Å². The molecular formula is C17H23O4P. The molecule has 1 unspecified atom stereocenters. The van der Waals surface area contributed by atoms with Crippen molar-refractivity contribution in [1.82, 2.24) is 0 Å². The van der Waals surface area contributed by atoms with Crippen LogP contribution in [0.15, 0.2) is 54.1 Å². The fourth-order valence-electron chi connectivity index (χ4n) is 2.01. The summed E-state index contributed by atoms with van der Waals surface area (Å²) in [6.07, 6.45) is 7.93. The van der Waals surface area contributed by atoms with Gasteiger partial charge in [0.15, 0.2) is 0 Å². The van der Waals surface area contributed by atoms with Gasteiger partial charge in [0.25, 0.3) is 0 Å². The van der Waals surface area contributed by atoms with Gasteiger partial charge in [0.1, 0.15) is 0 Å². The maximum absolute atomic E-state index is 12.7. The Morgan fingerprint density at radius 1 is 1.09 bits per heavy atom. The second-order valence-electron chi connectivity index (χ2n) is 5.39. The number of hydrogen-bond donors (Lipinski definition) is 0. The molecule has 1 atom stereocenters. The lowest BCUT2D eigenvalue weighted by molar-refractivity contribution is 0.0920. The minimum absolute atomic E-state index is 0.194. The van der Waals surface area contributed by atoms with Gasteiger partial charge in [-0.05, 0) is 37.8 Å². The van der Waals surface area contributed by atoms with Crippen molar-refractivity contribution in [2.24, 2.45) is 0 Å². The van der Waals surface area contributed by atoms with Crippen LogP contribution in [0.25, 0.3) is 0 Å². The van der Waals surface area contributed by atoms with E-state index in [-0.39, 0.29) is 19.3 Å².